The minimum Gasteiger partial charge on any atom is -0.332 e. The van der Waals surface area contributed by atoms with Crippen LogP contribution in [0.25, 0.3) is 0 Å². The Balaban J connectivity index is 2.04. The lowest BCUT2D eigenvalue weighted by atomic mass is 10.1. The molecule has 2 amide bonds. The summed E-state index contributed by atoms with van der Waals surface area (Å²) in [4.78, 5) is 25.9. The molecule has 2 aromatic carbocycles. The molecule has 2 rings (SSSR count). The maximum Gasteiger partial charge on any atom is 0.255 e. The van der Waals surface area contributed by atoms with Gasteiger partial charge >= 0.3 is 0 Å². The van der Waals surface area contributed by atoms with Crippen molar-refractivity contribution in [2.24, 2.45) is 0 Å². The van der Waals surface area contributed by atoms with Gasteiger partial charge in [-0.1, -0.05) is 25.1 Å². The van der Waals surface area contributed by atoms with Gasteiger partial charge in [-0.3, -0.25) is 9.59 Å². The van der Waals surface area contributed by atoms with Crippen molar-refractivity contribution in [2.45, 2.75) is 13.3 Å². The van der Waals surface area contributed by atoms with Crippen molar-refractivity contribution in [3.8, 4) is 0 Å². The van der Waals surface area contributed by atoms with Crippen molar-refractivity contribution < 1.29 is 14.0 Å². The zero-order chi connectivity index (χ0) is 17.7. The highest BCUT2D eigenvalue weighted by atomic mass is 127. The molecule has 0 atom stereocenters. The van der Waals surface area contributed by atoms with Gasteiger partial charge in [0.25, 0.3) is 5.91 Å². The SMILES string of the molecule is CCc1ccccc1NC(=O)CN(C)C(=O)c1ccc(F)cc1I. The van der Waals surface area contributed by atoms with Crippen LogP contribution in [0.5, 0.6) is 0 Å². The number of para-hydroxylation sites is 1. The van der Waals surface area contributed by atoms with Gasteiger partial charge in [-0.15, -0.1) is 0 Å². The Morgan fingerprint density at radius 1 is 1.21 bits per heavy atom. The molecule has 2 aromatic rings. The monoisotopic (exact) mass is 440 g/mol. The number of carbonyl (C=O) groups excluding carboxylic acids is 2. The molecule has 24 heavy (non-hydrogen) atoms. The van der Waals surface area contributed by atoms with Crippen LogP contribution >= 0.6 is 22.6 Å². The van der Waals surface area contributed by atoms with Gasteiger partial charge in [0.2, 0.25) is 5.91 Å². The van der Waals surface area contributed by atoms with Crippen molar-refractivity contribution in [3.63, 3.8) is 0 Å². The third-order valence-corrected chi connectivity index (χ3v) is 4.45. The summed E-state index contributed by atoms with van der Waals surface area (Å²) in [5.74, 6) is -0.991. The summed E-state index contributed by atoms with van der Waals surface area (Å²) in [7, 11) is 1.55. The number of nitrogens with zero attached hydrogens (tertiary/aromatic N) is 1. The molecule has 0 unspecified atom stereocenters. The smallest absolute Gasteiger partial charge is 0.255 e. The maximum atomic E-state index is 13.1. The normalized spacial score (nSPS) is 10.3. The number of likely N-dealkylation sites (N-methyl/N-ethyl adjacent to an activating group) is 1. The number of nitrogens with one attached hydrogen (secondary N) is 1. The van der Waals surface area contributed by atoms with Gasteiger partial charge in [0.15, 0.2) is 0 Å². The van der Waals surface area contributed by atoms with Crippen molar-refractivity contribution >= 4 is 40.1 Å². The number of carbonyl (C=O) groups is 2. The van der Waals surface area contributed by atoms with Crippen LogP contribution in [0.3, 0.4) is 0 Å². The Morgan fingerprint density at radius 3 is 2.58 bits per heavy atom. The van der Waals surface area contributed by atoms with Gasteiger partial charge < -0.3 is 10.2 Å². The quantitative estimate of drug-likeness (QED) is 0.722. The summed E-state index contributed by atoms with van der Waals surface area (Å²) in [6.45, 7) is 1.93. The maximum absolute atomic E-state index is 13.1. The van der Waals surface area contributed by atoms with Crippen LogP contribution in [0.15, 0.2) is 42.5 Å². The van der Waals surface area contributed by atoms with E-state index in [-0.39, 0.29) is 18.4 Å². The number of amides is 2. The van der Waals surface area contributed by atoms with Gasteiger partial charge in [-0.05, 0) is 58.8 Å². The minimum absolute atomic E-state index is 0.0790. The lowest BCUT2D eigenvalue weighted by Gasteiger charge is -2.18. The molecule has 0 radical (unpaired) electrons. The molecule has 0 aromatic heterocycles. The summed E-state index contributed by atoms with van der Waals surface area (Å²) in [5.41, 5.74) is 2.16. The molecule has 1 N–H and O–H groups in total. The van der Waals surface area contributed by atoms with E-state index in [9.17, 15) is 14.0 Å². The lowest BCUT2D eigenvalue weighted by molar-refractivity contribution is -0.116. The Hall–Kier alpha value is -1.96. The van der Waals surface area contributed by atoms with Crippen LogP contribution < -0.4 is 5.32 Å². The largest absolute Gasteiger partial charge is 0.332 e. The predicted octanol–water partition coefficient (Wildman–Crippen LogP) is 3.70. The fourth-order valence-electron chi connectivity index (χ4n) is 2.30. The van der Waals surface area contributed by atoms with Crippen LogP contribution in [0.1, 0.15) is 22.8 Å². The first-order valence-electron chi connectivity index (χ1n) is 7.50. The number of aryl methyl sites for hydroxylation is 1. The van der Waals surface area contributed by atoms with Crippen molar-refractivity contribution in [3.05, 3.63) is 63.0 Å². The lowest BCUT2D eigenvalue weighted by Crippen LogP contribution is -2.35. The first-order valence-corrected chi connectivity index (χ1v) is 8.58. The van der Waals surface area contributed by atoms with E-state index < -0.39 is 5.82 Å². The molecule has 0 aliphatic rings. The van der Waals surface area contributed by atoms with E-state index in [1.165, 1.54) is 23.1 Å². The van der Waals surface area contributed by atoms with Crippen LogP contribution in [0.2, 0.25) is 0 Å². The number of halogens is 2. The standard InChI is InChI=1S/C18H18FIN2O2/c1-3-12-6-4-5-7-16(12)21-17(23)11-22(2)18(24)14-9-8-13(19)10-15(14)20/h4-10H,3,11H2,1-2H3,(H,21,23). The molecule has 0 saturated heterocycles. The van der Waals surface area contributed by atoms with E-state index in [1.807, 2.05) is 53.8 Å². The second-order valence-electron chi connectivity index (χ2n) is 5.34. The van der Waals surface area contributed by atoms with Crippen LogP contribution in [0, 0.1) is 9.39 Å². The van der Waals surface area contributed by atoms with Crippen molar-refractivity contribution in [2.75, 3.05) is 18.9 Å². The molecule has 0 aliphatic heterocycles. The van der Waals surface area contributed by atoms with Gasteiger partial charge in [-0.2, -0.15) is 0 Å². The number of anilines is 1. The average Bonchev–Trinajstić information content (AvgIpc) is 2.54. The molecule has 6 heteroatoms. The fourth-order valence-corrected chi connectivity index (χ4v) is 3.00. The number of hydrogen-bond donors (Lipinski definition) is 1. The third kappa shape index (κ3) is 4.53. The number of rotatable bonds is 5. The molecule has 0 heterocycles. The van der Waals surface area contributed by atoms with Crippen LogP contribution in [-0.4, -0.2) is 30.3 Å². The average molecular weight is 440 g/mol. The van der Waals surface area contributed by atoms with Crippen LogP contribution in [0.4, 0.5) is 10.1 Å². The summed E-state index contributed by atoms with van der Waals surface area (Å²) >= 11 is 1.91. The van der Waals surface area contributed by atoms with Crippen molar-refractivity contribution in [1.29, 1.82) is 0 Å². The second-order valence-corrected chi connectivity index (χ2v) is 6.51. The molecule has 0 aliphatic carbocycles. The second kappa shape index (κ2) is 8.23. The summed E-state index contributed by atoms with van der Waals surface area (Å²) in [5, 5.41) is 2.83. The van der Waals surface area contributed by atoms with E-state index in [0.717, 1.165) is 17.7 Å². The summed E-state index contributed by atoms with van der Waals surface area (Å²) in [6.07, 6.45) is 0.805. The van der Waals surface area contributed by atoms with Gasteiger partial charge in [0.05, 0.1) is 12.1 Å². The highest BCUT2D eigenvalue weighted by Crippen LogP contribution is 2.17. The van der Waals surface area contributed by atoms with Gasteiger partial charge in [0.1, 0.15) is 5.82 Å². The zero-order valence-corrected chi connectivity index (χ0v) is 15.6. The summed E-state index contributed by atoms with van der Waals surface area (Å²) < 4.78 is 13.7. The van der Waals surface area contributed by atoms with Gasteiger partial charge in [-0.25, -0.2) is 4.39 Å². The Kier molecular flexibility index (Phi) is 6.30. The van der Waals surface area contributed by atoms with E-state index in [0.29, 0.717) is 9.13 Å². The molecule has 0 saturated carbocycles. The number of hydrogen-bond acceptors (Lipinski definition) is 2. The molecule has 4 nitrogen and oxygen atoms in total. The predicted molar refractivity (Wildman–Crippen MR) is 101 cm³/mol. The number of benzene rings is 2. The fraction of sp³-hybridized carbons (Fsp3) is 0.222. The van der Waals surface area contributed by atoms with E-state index in [4.69, 9.17) is 0 Å². The minimum atomic E-state index is -0.396. The topological polar surface area (TPSA) is 49.4 Å². The van der Waals surface area contributed by atoms with Crippen LogP contribution in [-0.2, 0) is 11.2 Å². The molecule has 0 spiro atoms. The Bertz CT molecular complexity index is 764. The third-order valence-electron chi connectivity index (χ3n) is 3.56. The first kappa shape index (κ1) is 18.4. The summed E-state index contributed by atoms with van der Waals surface area (Å²) in [6, 6.07) is 11.5. The van der Waals surface area contributed by atoms with Crippen molar-refractivity contribution in [1.82, 2.24) is 4.90 Å². The Labute approximate surface area is 154 Å². The molecular weight excluding hydrogens is 422 g/mol. The Morgan fingerprint density at radius 2 is 1.92 bits per heavy atom. The van der Waals surface area contributed by atoms with E-state index in [2.05, 4.69) is 5.32 Å². The first-order chi connectivity index (χ1) is 11.4. The molecule has 126 valence electrons. The molecular formula is C18H18FIN2O2. The van der Waals surface area contributed by atoms with E-state index in [1.54, 1.807) is 7.05 Å². The molecule has 0 bridgehead atoms. The highest BCUT2D eigenvalue weighted by Gasteiger charge is 2.18. The van der Waals surface area contributed by atoms with Gasteiger partial charge in [0, 0.05) is 16.3 Å². The van der Waals surface area contributed by atoms with E-state index >= 15 is 0 Å². The highest BCUT2D eigenvalue weighted by molar-refractivity contribution is 14.1. The molecule has 0 fully saturated rings. The zero-order valence-electron chi connectivity index (χ0n) is 13.5.